The van der Waals surface area contributed by atoms with E-state index in [1.807, 2.05) is 6.92 Å². The SMILES string of the molecule is CO[C@@H]1C(O)=C2[C@H]3[C@H](C)[C@@H](C)CC[C@@]3(C)CC[C@]2(C)[C@@]2(C)C[C@H](O)[C@@H]3[C@@H](C)C(=O)CC[C@]3(C)[C@H]12. The van der Waals surface area contributed by atoms with Gasteiger partial charge in [0.05, 0.1) is 6.10 Å². The Morgan fingerprint density at radius 1 is 1.00 bits per heavy atom. The quantitative estimate of drug-likeness (QED) is 0.468. The second-order valence-corrected chi connectivity index (χ2v) is 14.2. The third-order valence-corrected chi connectivity index (χ3v) is 13.0. The summed E-state index contributed by atoms with van der Waals surface area (Å²) < 4.78 is 6.24. The molecule has 5 aliphatic carbocycles. The molecule has 12 atom stereocenters. The smallest absolute Gasteiger partial charge is 0.136 e. The Labute approximate surface area is 206 Å². The topological polar surface area (TPSA) is 66.8 Å². The van der Waals surface area contributed by atoms with Crippen LogP contribution in [-0.2, 0) is 9.53 Å². The van der Waals surface area contributed by atoms with Gasteiger partial charge in [-0.1, -0.05) is 48.5 Å². The zero-order valence-electron chi connectivity index (χ0n) is 22.8. The second-order valence-electron chi connectivity index (χ2n) is 14.2. The first-order chi connectivity index (χ1) is 15.8. The van der Waals surface area contributed by atoms with E-state index in [1.54, 1.807) is 7.11 Å². The first kappa shape index (κ1) is 24.8. The average molecular weight is 473 g/mol. The Balaban J connectivity index is 1.73. The van der Waals surface area contributed by atoms with Gasteiger partial charge in [-0.25, -0.2) is 0 Å². The molecule has 34 heavy (non-hydrogen) atoms. The third-order valence-electron chi connectivity index (χ3n) is 13.0. The molecule has 0 radical (unpaired) electrons. The van der Waals surface area contributed by atoms with Gasteiger partial charge in [0.1, 0.15) is 17.6 Å². The van der Waals surface area contributed by atoms with Crippen LogP contribution in [0, 0.1) is 57.2 Å². The number of methoxy groups -OCH3 is 1. The molecule has 0 aromatic heterocycles. The molecule has 4 fully saturated rings. The summed E-state index contributed by atoms with van der Waals surface area (Å²) in [5.41, 5.74) is 0.810. The fourth-order valence-corrected chi connectivity index (χ4v) is 10.8. The number of carbonyl (C=O) groups is 1. The zero-order valence-corrected chi connectivity index (χ0v) is 22.8. The van der Waals surface area contributed by atoms with Crippen LogP contribution in [0.3, 0.4) is 0 Å². The van der Waals surface area contributed by atoms with E-state index in [0.29, 0.717) is 36.4 Å². The van der Waals surface area contributed by atoms with Crippen LogP contribution in [0.1, 0.15) is 93.4 Å². The van der Waals surface area contributed by atoms with Crippen LogP contribution in [-0.4, -0.2) is 35.3 Å². The van der Waals surface area contributed by atoms with E-state index in [9.17, 15) is 15.0 Å². The fourth-order valence-electron chi connectivity index (χ4n) is 10.8. The number of aliphatic hydroxyl groups excluding tert-OH is 2. The number of Topliss-reactive ketones (excluding diaryl/α,β-unsaturated/α-hetero) is 1. The van der Waals surface area contributed by atoms with Crippen molar-refractivity contribution in [1.82, 2.24) is 0 Å². The number of hydrogen-bond donors (Lipinski definition) is 2. The molecular weight excluding hydrogens is 424 g/mol. The molecule has 0 amide bonds. The van der Waals surface area contributed by atoms with Gasteiger partial charge in [0.25, 0.3) is 0 Å². The molecule has 0 aromatic rings. The van der Waals surface area contributed by atoms with Crippen LogP contribution in [0.25, 0.3) is 0 Å². The van der Waals surface area contributed by atoms with Gasteiger partial charge in [-0.2, -0.15) is 0 Å². The molecular formula is C30H48O4. The van der Waals surface area contributed by atoms with Crippen molar-refractivity contribution in [3.63, 3.8) is 0 Å². The molecule has 0 aromatic carbocycles. The predicted molar refractivity (Wildman–Crippen MR) is 134 cm³/mol. The first-order valence-electron chi connectivity index (χ1n) is 13.9. The Morgan fingerprint density at radius 3 is 2.32 bits per heavy atom. The summed E-state index contributed by atoms with van der Waals surface area (Å²) in [4.78, 5) is 12.7. The normalized spacial score (nSPS) is 57.4. The van der Waals surface area contributed by atoms with Crippen molar-refractivity contribution in [2.75, 3.05) is 7.11 Å². The molecule has 192 valence electrons. The van der Waals surface area contributed by atoms with Crippen molar-refractivity contribution in [1.29, 1.82) is 0 Å². The number of carbonyl (C=O) groups excluding carboxylic acids is 1. The van der Waals surface area contributed by atoms with Crippen LogP contribution in [0.15, 0.2) is 11.3 Å². The molecule has 0 spiro atoms. The largest absolute Gasteiger partial charge is 0.510 e. The molecule has 0 heterocycles. The maximum Gasteiger partial charge on any atom is 0.136 e. The number of fused-ring (bicyclic) bond motifs is 7. The van der Waals surface area contributed by atoms with E-state index in [4.69, 9.17) is 4.74 Å². The second kappa shape index (κ2) is 7.57. The lowest BCUT2D eigenvalue weighted by Gasteiger charge is -2.72. The van der Waals surface area contributed by atoms with Gasteiger partial charge in [0.15, 0.2) is 0 Å². The standard InChI is InChI=1S/C30H48O4/c1-16-9-11-27(4)13-14-29(6)23(22(27)17(16)2)24(33)25(34-8)26-28(5)12-10-19(31)18(3)21(28)20(32)15-30(26,29)7/h16-18,20-22,25-26,32-33H,9-15H2,1-8H3/t16-,17+,18-,20-,21-,22+,25+,26-,27-,28-,29-,30-/m0/s1. The molecule has 0 unspecified atom stereocenters. The minimum atomic E-state index is -0.502. The Bertz CT molecular complexity index is 909. The van der Waals surface area contributed by atoms with E-state index >= 15 is 0 Å². The predicted octanol–water partition coefficient (Wildman–Crippen LogP) is 6.32. The lowest BCUT2D eigenvalue weighted by Crippen LogP contribution is -2.70. The van der Waals surface area contributed by atoms with Crippen LogP contribution in [0.5, 0.6) is 0 Å². The summed E-state index contributed by atoms with van der Waals surface area (Å²) in [7, 11) is 1.75. The van der Waals surface area contributed by atoms with Gasteiger partial charge < -0.3 is 14.9 Å². The van der Waals surface area contributed by atoms with Gasteiger partial charge in [-0.05, 0) is 83.5 Å². The van der Waals surface area contributed by atoms with Gasteiger partial charge in [0.2, 0.25) is 0 Å². The molecule has 2 N–H and O–H groups in total. The van der Waals surface area contributed by atoms with Crippen molar-refractivity contribution in [2.45, 2.75) is 106 Å². The van der Waals surface area contributed by atoms with Crippen molar-refractivity contribution >= 4 is 5.78 Å². The first-order valence-corrected chi connectivity index (χ1v) is 13.9. The van der Waals surface area contributed by atoms with Crippen LogP contribution in [0.4, 0.5) is 0 Å². The Morgan fingerprint density at radius 2 is 1.68 bits per heavy atom. The summed E-state index contributed by atoms with van der Waals surface area (Å²) >= 11 is 0. The van der Waals surface area contributed by atoms with Gasteiger partial charge in [0, 0.05) is 31.3 Å². The summed E-state index contributed by atoms with van der Waals surface area (Å²) in [6.45, 7) is 16.3. The van der Waals surface area contributed by atoms with E-state index in [2.05, 4.69) is 41.5 Å². The number of rotatable bonds is 1. The highest BCUT2D eigenvalue weighted by Gasteiger charge is 2.72. The molecule has 0 bridgehead atoms. The van der Waals surface area contributed by atoms with E-state index in [1.165, 1.54) is 24.8 Å². The minimum absolute atomic E-state index is 0.0726. The van der Waals surface area contributed by atoms with Gasteiger partial charge in [-0.3, -0.25) is 4.79 Å². The fraction of sp³-hybridized carbons (Fsp3) is 0.900. The van der Waals surface area contributed by atoms with Crippen LogP contribution < -0.4 is 0 Å². The molecule has 4 nitrogen and oxygen atoms in total. The molecule has 0 aliphatic heterocycles. The van der Waals surface area contributed by atoms with E-state index in [0.717, 1.165) is 12.8 Å². The summed E-state index contributed by atoms with van der Waals surface area (Å²) in [5.74, 6) is 2.11. The van der Waals surface area contributed by atoms with Crippen molar-refractivity contribution in [3.8, 4) is 0 Å². The Kier molecular flexibility index (Phi) is 5.52. The lowest BCUT2D eigenvalue weighted by molar-refractivity contribution is -0.238. The van der Waals surface area contributed by atoms with E-state index in [-0.39, 0.29) is 51.3 Å². The van der Waals surface area contributed by atoms with Crippen LogP contribution in [0.2, 0.25) is 0 Å². The minimum Gasteiger partial charge on any atom is -0.510 e. The molecule has 4 saturated carbocycles. The van der Waals surface area contributed by atoms with Gasteiger partial charge >= 0.3 is 0 Å². The number of hydrogen-bond acceptors (Lipinski definition) is 4. The number of allylic oxidation sites excluding steroid dienone is 1. The highest BCUT2D eigenvalue weighted by Crippen LogP contribution is 2.75. The van der Waals surface area contributed by atoms with Crippen molar-refractivity contribution in [3.05, 3.63) is 11.3 Å². The van der Waals surface area contributed by atoms with Crippen molar-refractivity contribution in [2.24, 2.45) is 57.2 Å². The summed E-state index contributed by atoms with van der Waals surface area (Å²) in [6, 6.07) is 0. The number of aliphatic hydroxyl groups is 2. The number of ether oxygens (including phenoxy) is 1. The molecule has 5 aliphatic rings. The third kappa shape index (κ3) is 2.82. The maximum absolute atomic E-state index is 12.7. The highest BCUT2D eigenvalue weighted by molar-refractivity contribution is 5.82. The Hall–Kier alpha value is -0.870. The molecule has 0 saturated heterocycles. The van der Waals surface area contributed by atoms with E-state index < -0.39 is 6.10 Å². The summed E-state index contributed by atoms with van der Waals surface area (Å²) in [6.07, 6.45) is 5.83. The summed E-state index contributed by atoms with van der Waals surface area (Å²) in [5, 5.41) is 23.9. The zero-order chi connectivity index (χ0) is 25.0. The monoisotopic (exact) mass is 472 g/mol. The molecule has 4 heteroatoms. The molecule has 5 rings (SSSR count). The lowest BCUT2D eigenvalue weighted by atomic mass is 9.33. The number of ketones is 1. The average Bonchev–Trinajstić information content (AvgIpc) is 2.76. The van der Waals surface area contributed by atoms with Gasteiger partial charge in [-0.15, -0.1) is 0 Å². The highest BCUT2D eigenvalue weighted by atomic mass is 16.5. The maximum atomic E-state index is 12.7. The van der Waals surface area contributed by atoms with Crippen molar-refractivity contribution < 1.29 is 19.7 Å². The van der Waals surface area contributed by atoms with Crippen LogP contribution >= 0.6 is 0 Å².